The lowest BCUT2D eigenvalue weighted by Crippen LogP contribution is -2.53. The van der Waals surface area contributed by atoms with E-state index in [2.05, 4.69) is 12.2 Å². The van der Waals surface area contributed by atoms with Gasteiger partial charge in [-0.25, -0.2) is 0 Å². The first-order valence-corrected chi connectivity index (χ1v) is 9.92. The Bertz CT molecular complexity index is 409. The maximum Gasteiger partial charge on any atom is 0.282 e. The van der Waals surface area contributed by atoms with Gasteiger partial charge in [-0.05, 0) is 32.1 Å². The number of hydrogen-bond donors (Lipinski definition) is 1. The summed E-state index contributed by atoms with van der Waals surface area (Å²) in [7, 11) is -1.57. The van der Waals surface area contributed by atoms with Crippen LogP contribution in [0.1, 0.15) is 58.3 Å². The zero-order valence-electron chi connectivity index (χ0n) is 13.6. The molecule has 1 aliphatic heterocycles. The van der Waals surface area contributed by atoms with Gasteiger partial charge in [-0.3, -0.25) is 0 Å². The Kier molecular flexibility index (Phi) is 6.47. The van der Waals surface area contributed by atoms with Crippen molar-refractivity contribution in [1.82, 2.24) is 13.9 Å². The molecule has 0 bridgehead atoms. The Balaban J connectivity index is 1.92. The van der Waals surface area contributed by atoms with Gasteiger partial charge in [0.1, 0.15) is 0 Å². The van der Waals surface area contributed by atoms with Crippen molar-refractivity contribution in [3.8, 4) is 0 Å². The fourth-order valence-electron chi connectivity index (χ4n) is 2.95. The summed E-state index contributed by atoms with van der Waals surface area (Å²) in [4.78, 5) is 0. The van der Waals surface area contributed by atoms with E-state index in [1.54, 1.807) is 15.7 Å². The molecule has 0 radical (unpaired) electrons. The molecule has 1 unspecified atom stereocenters. The van der Waals surface area contributed by atoms with E-state index in [1.165, 1.54) is 12.8 Å². The van der Waals surface area contributed by atoms with Crippen LogP contribution in [0.15, 0.2) is 0 Å². The van der Waals surface area contributed by atoms with Crippen molar-refractivity contribution < 1.29 is 8.42 Å². The zero-order valence-corrected chi connectivity index (χ0v) is 14.4. The second-order valence-electron chi connectivity index (χ2n) is 6.48. The summed E-state index contributed by atoms with van der Waals surface area (Å²) in [5.74, 6) is 0. The first-order valence-electron chi connectivity index (χ1n) is 8.52. The molecule has 0 spiro atoms. The summed E-state index contributed by atoms with van der Waals surface area (Å²) in [6, 6.07) is 0.775. The van der Waals surface area contributed by atoms with Crippen LogP contribution in [-0.2, 0) is 10.2 Å². The van der Waals surface area contributed by atoms with E-state index in [9.17, 15) is 8.42 Å². The highest BCUT2D eigenvalue weighted by Crippen LogP contribution is 2.24. The number of rotatable bonds is 9. The summed E-state index contributed by atoms with van der Waals surface area (Å²) >= 11 is 0. The van der Waals surface area contributed by atoms with Gasteiger partial charge in [0.05, 0.1) is 0 Å². The van der Waals surface area contributed by atoms with E-state index in [1.807, 2.05) is 0 Å². The molecule has 0 amide bonds. The largest absolute Gasteiger partial charge is 0.312 e. The number of unbranched alkanes of at least 4 members (excludes halogenated alkanes) is 2. The Morgan fingerprint density at radius 2 is 1.95 bits per heavy atom. The van der Waals surface area contributed by atoms with Crippen LogP contribution >= 0.6 is 0 Å². The van der Waals surface area contributed by atoms with Crippen LogP contribution in [0.25, 0.3) is 0 Å². The monoisotopic (exact) mass is 317 g/mol. The first-order chi connectivity index (χ1) is 10.1. The maximum absolute atomic E-state index is 12.8. The minimum Gasteiger partial charge on any atom is -0.312 e. The highest BCUT2D eigenvalue weighted by molar-refractivity contribution is 7.86. The fourth-order valence-corrected chi connectivity index (χ4v) is 4.59. The molecule has 1 saturated heterocycles. The van der Waals surface area contributed by atoms with Gasteiger partial charge in [0, 0.05) is 38.8 Å². The van der Waals surface area contributed by atoms with Gasteiger partial charge in [0.15, 0.2) is 0 Å². The third-order valence-corrected chi connectivity index (χ3v) is 6.60. The van der Waals surface area contributed by atoms with Gasteiger partial charge in [-0.15, -0.1) is 0 Å². The lowest BCUT2D eigenvalue weighted by Gasteiger charge is -2.37. The molecule has 2 rings (SSSR count). The highest BCUT2D eigenvalue weighted by Gasteiger charge is 2.35. The van der Waals surface area contributed by atoms with Crippen molar-refractivity contribution in [3.05, 3.63) is 0 Å². The Hall–Kier alpha value is -0.170. The second-order valence-corrected chi connectivity index (χ2v) is 8.47. The predicted octanol–water partition coefficient (Wildman–Crippen LogP) is 1.96. The summed E-state index contributed by atoms with van der Waals surface area (Å²) in [5, 5.41) is 3.49. The quantitative estimate of drug-likeness (QED) is 0.661. The van der Waals surface area contributed by atoms with E-state index in [4.69, 9.17) is 0 Å². The molecular weight excluding hydrogens is 286 g/mol. The molecule has 124 valence electrons. The molecule has 1 saturated carbocycles. The van der Waals surface area contributed by atoms with Gasteiger partial charge in [0.25, 0.3) is 10.2 Å². The topological polar surface area (TPSA) is 52.7 Å². The maximum atomic E-state index is 12.8. The van der Waals surface area contributed by atoms with E-state index >= 15 is 0 Å². The number of nitrogens with zero attached hydrogens (tertiary/aromatic N) is 2. The van der Waals surface area contributed by atoms with Crippen molar-refractivity contribution in [2.75, 3.05) is 26.7 Å². The normalized spacial score (nSPS) is 24.6. The van der Waals surface area contributed by atoms with Crippen LogP contribution in [-0.4, -0.2) is 55.8 Å². The smallest absolute Gasteiger partial charge is 0.282 e. The number of nitrogens with one attached hydrogen (secondary N) is 1. The molecular formula is C15H31N3O2S. The van der Waals surface area contributed by atoms with E-state index < -0.39 is 10.2 Å². The Morgan fingerprint density at radius 1 is 1.19 bits per heavy atom. The molecule has 2 aliphatic rings. The van der Waals surface area contributed by atoms with Gasteiger partial charge < -0.3 is 5.32 Å². The average Bonchev–Trinajstić information content (AvgIpc) is 3.29. The van der Waals surface area contributed by atoms with Crippen molar-refractivity contribution >= 4 is 10.2 Å². The molecule has 5 nitrogen and oxygen atoms in total. The lowest BCUT2D eigenvalue weighted by atomic mass is 10.1. The van der Waals surface area contributed by atoms with Crippen LogP contribution in [0.3, 0.4) is 0 Å². The summed E-state index contributed by atoms with van der Waals surface area (Å²) in [6.45, 7) is 4.26. The molecule has 1 atom stereocenters. The summed E-state index contributed by atoms with van der Waals surface area (Å²) in [5.41, 5.74) is 0. The molecule has 0 aromatic heterocycles. The van der Waals surface area contributed by atoms with Crippen LogP contribution < -0.4 is 5.32 Å². The third kappa shape index (κ3) is 4.91. The van der Waals surface area contributed by atoms with Crippen molar-refractivity contribution in [3.63, 3.8) is 0 Å². The molecule has 1 aliphatic carbocycles. The summed E-state index contributed by atoms with van der Waals surface area (Å²) in [6.07, 6.45) is 8.77. The van der Waals surface area contributed by atoms with Gasteiger partial charge in [-0.2, -0.15) is 17.0 Å². The molecule has 6 heteroatoms. The van der Waals surface area contributed by atoms with E-state index in [0.29, 0.717) is 19.1 Å². The Labute approximate surface area is 130 Å². The third-order valence-electron chi connectivity index (χ3n) is 4.56. The lowest BCUT2D eigenvalue weighted by molar-refractivity contribution is 0.229. The van der Waals surface area contributed by atoms with Crippen molar-refractivity contribution in [2.45, 2.75) is 70.4 Å². The molecule has 1 heterocycles. The average molecular weight is 317 g/mol. The standard InChI is InChI=1S/C15H31N3O2S/c1-3-4-6-11-17(2)21(19,20)18-12-7-5-8-15(18)13-16-14-9-10-14/h14-16H,3-13H2,1-2H3. The zero-order chi connectivity index (χ0) is 15.3. The molecule has 1 N–H and O–H groups in total. The van der Waals surface area contributed by atoms with Crippen LogP contribution in [0, 0.1) is 0 Å². The molecule has 21 heavy (non-hydrogen) atoms. The van der Waals surface area contributed by atoms with Crippen molar-refractivity contribution in [2.24, 2.45) is 0 Å². The first kappa shape index (κ1) is 17.2. The summed E-state index contributed by atoms with van der Waals surface area (Å²) < 4.78 is 28.9. The van der Waals surface area contributed by atoms with Crippen molar-refractivity contribution in [1.29, 1.82) is 0 Å². The fraction of sp³-hybridized carbons (Fsp3) is 1.00. The van der Waals surface area contributed by atoms with E-state index in [-0.39, 0.29) is 6.04 Å². The SMILES string of the molecule is CCCCCN(C)S(=O)(=O)N1CCCCC1CNC1CC1. The highest BCUT2D eigenvalue weighted by atomic mass is 32.2. The molecule has 0 aromatic rings. The predicted molar refractivity (Wildman–Crippen MR) is 86.4 cm³/mol. The second kappa shape index (κ2) is 7.90. The van der Waals surface area contributed by atoms with Gasteiger partial charge in [0.2, 0.25) is 0 Å². The number of piperidine rings is 1. The van der Waals surface area contributed by atoms with E-state index in [0.717, 1.165) is 45.1 Å². The van der Waals surface area contributed by atoms with Crippen LogP contribution in [0.4, 0.5) is 0 Å². The number of hydrogen-bond acceptors (Lipinski definition) is 3. The minimum absolute atomic E-state index is 0.137. The van der Waals surface area contributed by atoms with Crippen LogP contribution in [0.2, 0.25) is 0 Å². The molecule has 0 aromatic carbocycles. The minimum atomic E-state index is -3.29. The van der Waals surface area contributed by atoms with Crippen LogP contribution in [0.5, 0.6) is 0 Å². The van der Waals surface area contributed by atoms with Gasteiger partial charge in [-0.1, -0.05) is 26.2 Å². The Morgan fingerprint density at radius 3 is 2.62 bits per heavy atom. The van der Waals surface area contributed by atoms with Gasteiger partial charge >= 0.3 is 0 Å². The molecule has 2 fully saturated rings.